The Morgan fingerprint density at radius 1 is 1.07 bits per heavy atom. The molecule has 158 valence electrons. The number of nitrogens with two attached hydrogens (primary N) is 1. The van der Waals surface area contributed by atoms with Gasteiger partial charge in [-0.05, 0) is 29.2 Å². The van der Waals surface area contributed by atoms with Crippen molar-refractivity contribution in [3.05, 3.63) is 59.7 Å². The first kappa shape index (κ1) is 23.1. The third-order valence-corrected chi connectivity index (χ3v) is 6.09. The van der Waals surface area contributed by atoms with Gasteiger partial charge in [0.1, 0.15) is 6.04 Å². The minimum absolute atomic E-state index is 0.107. The molecule has 0 bridgehead atoms. The number of carbonyl (C=O) groups excluding carboxylic acids is 1. The summed E-state index contributed by atoms with van der Waals surface area (Å²) in [5.41, 5.74) is 3.07. The second kappa shape index (κ2) is 9.09. The van der Waals surface area contributed by atoms with Gasteiger partial charge >= 0.3 is 0 Å². The van der Waals surface area contributed by atoms with Crippen LogP contribution in [0.3, 0.4) is 0 Å². The highest BCUT2D eigenvalue weighted by Crippen LogP contribution is 2.25. The van der Waals surface area contributed by atoms with Crippen LogP contribution >= 0.6 is 0 Å². The minimum Gasteiger partial charge on any atom is -0.332 e. The third kappa shape index (κ3) is 6.68. The van der Waals surface area contributed by atoms with E-state index in [-0.39, 0.29) is 28.8 Å². The molecule has 0 saturated heterocycles. The van der Waals surface area contributed by atoms with Crippen LogP contribution in [0.5, 0.6) is 0 Å². The SMILES string of the molecule is CC(C)[C@H]([NH2+]CC(=O)Nc1cccc(S(C)(=O)=O)c1)c1ccc(C(C)(C)C)cc1. The van der Waals surface area contributed by atoms with E-state index in [1.54, 1.807) is 12.1 Å². The summed E-state index contributed by atoms with van der Waals surface area (Å²) in [5, 5.41) is 4.83. The monoisotopic (exact) mass is 417 g/mol. The first-order valence-electron chi connectivity index (χ1n) is 9.91. The van der Waals surface area contributed by atoms with Crippen molar-refractivity contribution in [2.24, 2.45) is 5.92 Å². The molecule has 0 aliphatic carbocycles. The van der Waals surface area contributed by atoms with Crippen LogP contribution in [-0.2, 0) is 20.0 Å². The van der Waals surface area contributed by atoms with Crippen molar-refractivity contribution in [1.29, 1.82) is 0 Å². The topological polar surface area (TPSA) is 79.8 Å². The van der Waals surface area contributed by atoms with Crippen molar-refractivity contribution in [3.8, 4) is 0 Å². The number of quaternary nitrogens is 1. The molecule has 0 aliphatic heterocycles. The summed E-state index contributed by atoms with van der Waals surface area (Å²) < 4.78 is 23.4. The van der Waals surface area contributed by atoms with E-state index in [0.29, 0.717) is 11.6 Å². The number of hydrogen-bond acceptors (Lipinski definition) is 3. The molecule has 3 N–H and O–H groups in total. The van der Waals surface area contributed by atoms with Gasteiger partial charge in [0.15, 0.2) is 16.4 Å². The van der Waals surface area contributed by atoms with Crippen LogP contribution in [-0.4, -0.2) is 27.1 Å². The summed E-state index contributed by atoms with van der Waals surface area (Å²) in [6, 6.07) is 15.1. The van der Waals surface area contributed by atoms with Gasteiger partial charge in [-0.3, -0.25) is 4.79 Å². The fraction of sp³-hybridized carbons (Fsp3) is 0.435. The molecule has 0 spiro atoms. The van der Waals surface area contributed by atoms with E-state index in [4.69, 9.17) is 0 Å². The highest BCUT2D eigenvalue weighted by molar-refractivity contribution is 7.90. The maximum absolute atomic E-state index is 12.4. The van der Waals surface area contributed by atoms with E-state index in [0.717, 1.165) is 6.26 Å². The van der Waals surface area contributed by atoms with Crippen molar-refractivity contribution in [3.63, 3.8) is 0 Å². The van der Waals surface area contributed by atoms with Gasteiger partial charge in [0.25, 0.3) is 5.91 Å². The van der Waals surface area contributed by atoms with E-state index in [2.05, 4.69) is 64.2 Å². The maximum atomic E-state index is 12.4. The van der Waals surface area contributed by atoms with Gasteiger partial charge in [0, 0.05) is 23.4 Å². The van der Waals surface area contributed by atoms with Crippen LogP contribution in [0.25, 0.3) is 0 Å². The van der Waals surface area contributed by atoms with E-state index >= 15 is 0 Å². The first-order chi connectivity index (χ1) is 13.4. The molecule has 29 heavy (non-hydrogen) atoms. The molecule has 2 aromatic rings. The predicted molar refractivity (Wildman–Crippen MR) is 118 cm³/mol. The molecule has 0 radical (unpaired) electrons. The second-order valence-electron chi connectivity index (χ2n) is 8.93. The Kier molecular flexibility index (Phi) is 7.25. The summed E-state index contributed by atoms with van der Waals surface area (Å²) in [7, 11) is -3.31. The maximum Gasteiger partial charge on any atom is 0.279 e. The van der Waals surface area contributed by atoms with Crippen molar-refractivity contribution in [1.82, 2.24) is 0 Å². The smallest absolute Gasteiger partial charge is 0.279 e. The first-order valence-corrected chi connectivity index (χ1v) is 11.8. The summed E-state index contributed by atoms with van der Waals surface area (Å²) in [6.07, 6.45) is 1.15. The van der Waals surface area contributed by atoms with Gasteiger partial charge in [0.05, 0.1) is 4.90 Å². The van der Waals surface area contributed by atoms with Gasteiger partial charge in [-0.15, -0.1) is 0 Å². The molecule has 6 heteroatoms. The Bertz CT molecular complexity index is 943. The van der Waals surface area contributed by atoms with Crippen LogP contribution in [0.1, 0.15) is 51.8 Å². The molecule has 0 aliphatic rings. The Morgan fingerprint density at radius 2 is 1.69 bits per heavy atom. The molecular formula is C23H33N2O3S+. The second-order valence-corrected chi connectivity index (χ2v) is 10.9. The molecule has 0 aromatic heterocycles. The third-order valence-electron chi connectivity index (χ3n) is 4.98. The zero-order chi connectivity index (χ0) is 21.8. The average Bonchev–Trinajstić information content (AvgIpc) is 2.61. The molecule has 5 nitrogen and oxygen atoms in total. The molecule has 1 amide bonds. The molecule has 0 saturated carbocycles. The lowest BCUT2D eigenvalue weighted by molar-refractivity contribution is -0.692. The van der Waals surface area contributed by atoms with Crippen LogP contribution in [0.2, 0.25) is 0 Å². The number of nitrogens with one attached hydrogen (secondary N) is 1. The zero-order valence-electron chi connectivity index (χ0n) is 18.2. The Labute approximate surface area is 174 Å². The summed E-state index contributed by atoms with van der Waals surface area (Å²) in [5.74, 6) is 0.199. The fourth-order valence-corrected chi connectivity index (χ4v) is 3.92. The van der Waals surface area contributed by atoms with Gasteiger partial charge in [-0.1, -0.05) is 65.0 Å². The summed E-state index contributed by atoms with van der Waals surface area (Å²) in [6.45, 7) is 11.1. The van der Waals surface area contributed by atoms with E-state index < -0.39 is 9.84 Å². The zero-order valence-corrected chi connectivity index (χ0v) is 19.0. The van der Waals surface area contributed by atoms with Gasteiger partial charge in [-0.25, -0.2) is 8.42 Å². The highest BCUT2D eigenvalue weighted by Gasteiger charge is 2.22. The number of anilines is 1. The number of benzene rings is 2. The molecular weight excluding hydrogens is 384 g/mol. The van der Waals surface area contributed by atoms with Crippen molar-refractivity contribution < 1.29 is 18.5 Å². The molecule has 2 rings (SSSR count). The summed E-state index contributed by atoms with van der Waals surface area (Å²) >= 11 is 0. The fourth-order valence-electron chi connectivity index (χ4n) is 3.25. The lowest BCUT2D eigenvalue weighted by Gasteiger charge is -2.22. The predicted octanol–water partition coefficient (Wildman–Crippen LogP) is 3.29. The number of sulfone groups is 1. The quantitative estimate of drug-likeness (QED) is 0.725. The van der Waals surface area contributed by atoms with Crippen molar-refractivity contribution >= 4 is 21.4 Å². The van der Waals surface area contributed by atoms with E-state index in [1.807, 2.05) is 5.32 Å². The largest absolute Gasteiger partial charge is 0.332 e. The number of hydrogen-bond donors (Lipinski definition) is 2. The number of amides is 1. The van der Waals surface area contributed by atoms with Crippen LogP contribution in [0, 0.1) is 5.92 Å². The molecule has 0 fully saturated rings. The van der Waals surface area contributed by atoms with Crippen LogP contribution < -0.4 is 10.6 Å². The average molecular weight is 418 g/mol. The lowest BCUT2D eigenvalue weighted by Crippen LogP contribution is -2.88. The highest BCUT2D eigenvalue weighted by atomic mass is 32.2. The lowest BCUT2D eigenvalue weighted by atomic mass is 9.85. The molecule has 1 atom stereocenters. The Morgan fingerprint density at radius 3 is 2.21 bits per heavy atom. The number of rotatable bonds is 7. The van der Waals surface area contributed by atoms with Crippen molar-refractivity contribution in [2.45, 2.75) is 51.0 Å². The number of carbonyl (C=O) groups is 1. The molecule has 0 unspecified atom stereocenters. The van der Waals surface area contributed by atoms with Crippen LogP contribution in [0.4, 0.5) is 5.69 Å². The van der Waals surface area contributed by atoms with Crippen molar-refractivity contribution in [2.75, 3.05) is 18.1 Å². The van der Waals surface area contributed by atoms with E-state index in [9.17, 15) is 13.2 Å². The normalized spacial score (nSPS) is 13.3. The molecule has 2 aromatic carbocycles. The van der Waals surface area contributed by atoms with Gasteiger partial charge in [-0.2, -0.15) is 0 Å². The van der Waals surface area contributed by atoms with Gasteiger partial charge in [0.2, 0.25) is 0 Å². The molecule has 0 heterocycles. The van der Waals surface area contributed by atoms with Crippen LogP contribution in [0.15, 0.2) is 53.4 Å². The van der Waals surface area contributed by atoms with E-state index in [1.165, 1.54) is 23.3 Å². The van der Waals surface area contributed by atoms with Gasteiger partial charge < -0.3 is 10.6 Å². The minimum atomic E-state index is -3.31. The Hall–Kier alpha value is -2.18. The standard InChI is InChI=1S/C23H32N2O3S/c1-16(2)22(17-10-12-18(13-11-17)23(3,4)5)24-15-21(26)25-19-8-7-9-20(14-19)29(6,27)28/h7-14,16,22,24H,15H2,1-6H3,(H,25,26)/p+1/t22-/m0/s1. The summed E-state index contributed by atoms with van der Waals surface area (Å²) in [4.78, 5) is 12.6. The Balaban J connectivity index is 2.05.